The van der Waals surface area contributed by atoms with Crippen molar-refractivity contribution in [1.29, 1.82) is 0 Å². The molecule has 1 fully saturated rings. The summed E-state index contributed by atoms with van der Waals surface area (Å²) in [5.74, 6) is -0.611. The van der Waals surface area contributed by atoms with Gasteiger partial charge in [-0.3, -0.25) is 9.69 Å². The van der Waals surface area contributed by atoms with Gasteiger partial charge in [0.2, 0.25) is 0 Å². The lowest BCUT2D eigenvalue weighted by molar-refractivity contribution is -0.137. The third kappa shape index (κ3) is 5.28. The standard InChI is InChI=1S/C21H17F4N5O2S/c22-15-3-1-13(2-4-15)11-29-7-8-30(20(29)32)17-9-14(5-6-26-17)18(31)27-10-16-12-33-19(28-16)21(23,24)25/h1-6,9,12H,7-8,10-11H2,(H,27,31). The number of pyridine rings is 1. The van der Waals surface area contributed by atoms with E-state index in [1.54, 1.807) is 17.0 Å². The van der Waals surface area contributed by atoms with Gasteiger partial charge in [0.1, 0.15) is 11.6 Å². The van der Waals surface area contributed by atoms with E-state index in [9.17, 15) is 27.2 Å². The molecule has 1 aliphatic heterocycles. The summed E-state index contributed by atoms with van der Waals surface area (Å²) in [6.07, 6.45) is -3.15. The molecule has 172 valence electrons. The number of amides is 3. The number of alkyl halides is 3. The van der Waals surface area contributed by atoms with Crippen molar-refractivity contribution in [2.45, 2.75) is 19.3 Å². The number of halogens is 4. The van der Waals surface area contributed by atoms with Crippen molar-refractivity contribution in [3.63, 3.8) is 0 Å². The molecule has 7 nitrogen and oxygen atoms in total. The van der Waals surface area contributed by atoms with Crippen molar-refractivity contribution in [2.75, 3.05) is 18.0 Å². The lowest BCUT2D eigenvalue weighted by Gasteiger charge is -2.18. The normalized spacial score (nSPS) is 14.1. The highest BCUT2D eigenvalue weighted by atomic mass is 32.1. The molecule has 0 radical (unpaired) electrons. The molecule has 3 heterocycles. The van der Waals surface area contributed by atoms with E-state index in [-0.39, 0.29) is 35.5 Å². The van der Waals surface area contributed by atoms with Crippen LogP contribution in [0.25, 0.3) is 0 Å². The molecule has 33 heavy (non-hydrogen) atoms. The molecule has 3 aromatic rings. The summed E-state index contributed by atoms with van der Waals surface area (Å²) in [6, 6.07) is 8.45. The fourth-order valence-electron chi connectivity index (χ4n) is 3.25. The Balaban J connectivity index is 1.39. The molecule has 0 atom stereocenters. The molecule has 4 rings (SSSR count). The number of urea groups is 1. The fraction of sp³-hybridized carbons (Fsp3) is 0.238. The molecular formula is C21H17F4N5O2S. The third-order valence-corrected chi connectivity index (χ3v) is 5.83. The molecule has 1 saturated heterocycles. The van der Waals surface area contributed by atoms with Gasteiger partial charge >= 0.3 is 12.2 Å². The van der Waals surface area contributed by atoms with Crippen LogP contribution in [0.3, 0.4) is 0 Å². The minimum Gasteiger partial charge on any atom is -0.346 e. The van der Waals surface area contributed by atoms with E-state index in [1.165, 1.54) is 40.7 Å². The molecule has 2 aromatic heterocycles. The predicted octanol–water partition coefficient (Wildman–Crippen LogP) is 4.07. The molecule has 3 amide bonds. The van der Waals surface area contributed by atoms with E-state index < -0.39 is 17.1 Å². The number of hydrogen-bond acceptors (Lipinski definition) is 5. The first kappa shape index (κ1) is 22.6. The van der Waals surface area contributed by atoms with Gasteiger partial charge < -0.3 is 10.2 Å². The van der Waals surface area contributed by atoms with Crippen LogP contribution in [-0.4, -0.2) is 39.9 Å². The number of nitrogens with one attached hydrogen (secondary N) is 1. The van der Waals surface area contributed by atoms with Crippen LogP contribution in [0.5, 0.6) is 0 Å². The maximum Gasteiger partial charge on any atom is 0.443 e. The Morgan fingerprint density at radius 2 is 1.91 bits per heavy atom. The van der Waals surface area contributed by atoms with Gasteiger partial charge in [-0.15, -0.1) is 11.3 Å². The first-order valence-corrected chi connectivity index (χ1v) is 10.7. The molecule has 1 aliphatic rings. The topological polar surface area (TPSA) is 78.4 Å². The Bertz CT molecular complexity index is 1170. The first-order chi connectivity index (χ1) is 15.7. The molecule has 0 saturated carbocycles. The van der Waals surface area contributed by atoms with Crippen LogP contribution in [0.2, 0.25) is 0 Å². The number of anilines is 1. The third-order valence-electron chi connectivity index (χ3n) is 4.89. The quantitative estimate of drug-likeness (QED) is 0.541. The second-order valence-corrected chi connectivity index (χ2v) is 8.07. The second-order valence-electron chi connectivity index (χ2n) is 7.21. The Morgan fingerprint density at radius 3 is 2.61 bits per heavy atom. The summed E-state index contributed by atoms with van der Waals surface area (Å²) in [5, 5.41) is 2.78. The van der Waals surface area contributed by atoms with E-state index in [4.69, 9.17) is 0 Å². The number of thiazole rings is 1. The average molecular weight is 479 g/mol. The fourth-order valence-corrected chi connectivity index (χ4v) is 3.94. The SMILES string of the molecule is O=C(NCc1csc(C(F)(F)F)n1)c1ccnc(N2CCN(Cc3ccc(F)cc3)C2=O)c1. The summed E-state index contributed by atoms with van der Waals surface area (Å²) in [4.78, 5) is 35.9. The van der Waals surface area contributed by atoms with Crippen LogP contribution in [-0.2, 0) is 19.3 Å². The predicted molar refractivity (Wildman–Crippen MR) is 112 cm³/mol. The number of nitrogens with zero attached hydrogens (tertiary/aromatic N) is 4. The van der Waals surface area contributed by atoms with Crippen LogP contribution >= 0.6 is 11.3 Å². The second kappa shape index (κ2) is 9.14. The minimum absolute atomic E-state index is 0.0983. The zero-order valence-electron chi connectivity index (χ0n) is 17.0. The van der Waals surface area contributed by atoms with Crippen LogP contribution in [0.15, 0.2) is 48.0 Å². The van der Waals surface area contributed by atoms with Gasteiger partial charge in [-0.25, -0.2) is 19.2 Å². The maximum absolute atomic E-state index is 13.1. The molecular weight excluding hydrogens is 462 g/mol. The molecule has 0 bridgehead atoms. The van der Waals surface area contributed by atoms with Crippen molar-refractivity contribution in [1.82, 2.24) is 20.2 Å². The van der Waals surface area contributed by atoms with Crippen LogP contribution < -0.4 is 10.2 Å². The summed E-state index contributed by atoms with van der Waals surface area (Å²) >= 11 is 0.460. The summed E-state index contributed by atoms with van der Waals surface area (Å²) in [7, 11) is 0. The van der Waals surface area contributed by atoms with E-state index in [2.05, 4.69) is 15.3 Å². The van der Waals surface area contributed by atoms with Gasteiger partial charge in [-0.1, -0.05) is 12.1 Å². The number of carbonyl (C=O) groups is 2. The molecule has 0 aliphatic carbocycles. The summed E-state index contributed by atoms with van der Waals surface area (Å²) < 4.78 is 51.1. The van der Waals surface area contributed by atoms with Crippen LogP contribution in [0, 0.1) is 5.82 Å². The Kier molecular flexibility index (Phi) is 6.27. The maximum atomic E-state index is 13.1. The van der Waals surface area contributed by atoms with E-state index in [0.29, 0.717) is 31.0 Å². The number of aromatic nitrogens is 2. The van der Waals surface area contributed by atoms with Crippen molar-refractivity contribution in [3.8, 4) is 0 Å². The van der Waals surface area contributed by atoms with Gasteiger partial charge in [0.15, 0.2) is 5.01 Å². The van der Waals surface area contributed by atoms with Gasteiger partial charge in [0, 0.05) is 36.8 Å². The monoisotopic (exact) mass is 479 g/mol. The lowest BCUT2D eigenvalue weighted by Crippen LogP contribution is -2.32. The van der Waals surface area contributed by atoms with Gasteiger partial charge in [-0.2, -0.15) is 13.2 Å². The van der Waals surface area contributed by atoms with Crippen LogP contribution in [0.4, 0.5) is 28.2 Å². The van der Waals surface area contributed by atoms with E-state index >= 15 is 0 Å². The number of benzene rings is 1. The Hall–Kier alpha value is -3.54. The van der Waals surface area contributed by atoms with Crippen molar-refractivity contribution >= 4 is 29.1 Å². The largest absolute Gasteiger partial charge is 0.443 e. The number of rotatable bonds is 6. The molecule has 12 heteroatoms. The van der Waals surface area contributed by atoms with Crippen molar-refractivity contribution < 1.29 is 27.2 Å². The van der Waals surface area contributed by atoms with Gasteiger partial charge in [0.05, 0.1) is 12.2 Å². The molecule has 1 aromatic carbocycles. The molecule has 1 N–H and O–H groups in total. The van der Waals surface area contributed by atoms with Crippen molar-refractivity contribution in [2.24, 2.45) is 0 Å². The average Bonchev–Trinajstić information content (AvgIpc) is 3.41. The molecule has 0 unspecified atom stereocenters. The molecule has 0 spiro atoms. The highest BCUT2D eigenvalue weighted by Crippen LogP contribution is 2.31. The van der Waals surface area contributed by atoms with E-state index in [0.717, 1.165) is 5.56 Å². The Morgan fingerprint density at radius 1 is 1.15 bits per heavy atom. The minimum atomic E-state index is -4.53. The first-order valence-electron chi connectivity index (χ1n) is 9.77. The van der Waals surface area contributed by atoms with Crippen molar-refractivity contribution in [3.05, 3.63) is 75.6 Å². The Labute approximate surface area is 189 Å². The van der Waals surface area contributed by atoms with Gasteiger partial charge in [0.25, 0.3) is 5.91 Å². The zero-order valence-corrected chi connectivity index (χ0v) is 17.8. The smallest absolute Gasteiger partial charge is 0.346 e. The summed E-state index contributed by atoms with van der Waals surface area (Å²) in [5.41, 5.74) is 1.08. The van der Waals surface area contributed by atoms with Gasteiger partial charge in [-0.05, 0) is 29.8 Å². The number of carbonyl (C=O) groups excluding carboxylic acids is 2. The lowest BCUT2D eigenvalue weighted by atomic mass is 10.2. The highest BCUT2D eigenvalue weighted by molar-refractivity contribution is 7.09. The number of hydrogen-bond donors (Lipinski definition) is 1. The highest BCUT2D eigenvalue weighted by Gasteiger charge is 2.34. The summed E-state index contributed by atoms with van der Waals surface area (Å²) in [6.45, 7) is 0.928. The van der Waals surface area contributed by atoms with Crippen LogP contribution in [0.1, 0.15) is 26.6 Å². The zero-order chi connectivity index (χ0) is 23.6. The van der Waals surface area contributed by atoms with E-state index in [1.807, 2.05) is 0 Å².